The molecule has 1 atom stereocenters. The first-order valence-corrected chi connectivity index (χ1v) is 7.67. The molecule has 6 nitrogen and oxygen atoms in total. The van der Waals surface area contributed by atoms with Crippen LogP contribution in [0.25, 0.3) is 0 Å². The van der Waals surface area contributed by atoms with Crippen LogP contribution in [-0.2, 0) is 19.4 Å². The number of aromatic amines is 1. The second kappa shape index (κ2) is 5.02. The van der Waals surface area contributed by atoms with Gasteiger partial charge in [-0.05, 0) is 38.2 Å². The predicted octanol–water partition coefficient (Wildman–Crippen LogP) is 1.40. The molecule has 21 heavy (non-hydrogen) atoms. The van der Waals surface area contributed by atoms with Crippen molar-refractivity contribution in [2.75, 3.05) is 6.54 Å². The summed E-state index contributed by atoms with van der Waals surface area (Å²) in [6, 6.07) is 2.15. The number of amides is 1. The van der Waals surface area contributed by atoms with E-state index < -0.39 is 0 Å². The number of hydrogen-bond acceptors (Lipinski definition) is 3. The molecule has 2 aliphatic rings. The van der Waals surface area contributed by atoms with E-state index in [4.69, 9.17) is 0 Å². The van der Waals surface area contributed by atoms with E-state index in [0.717, 1.165) is 56.5 Å². The lowest BCUT2D eigenvalue weighted by Gasteiger charge is -2.24. The number of rotatable bonds is 3. The maximum atomic E-state index is 12.8. The molecule has 0 aromatic carbocycles. The molecule has 3 heterocycles. The number of aryl methyl sites for hydroxylation is 1. The third-order valence-electron chi connectivity index (χ3n) is 4.60. The van der Waals surface area contributed by atoms with Gasteiger partial charge >= 0.3 is 0 Å². The van der Waals surface area contributed by atoms with Crippen molar-refractivity contribution in [1.29, 1.82) is 0 Å². The van der Waals surface area contributed by atoms with Gasteiger partial charge in [0.05, 0.1) is 12.6 Å². The zero-order chi connectivity index (χ0) is 14.2. The fraction of sp³-hybridized carbons (Fsp3) is 0.533. The Morgan fingerprint density at radius 2 is 2.33 bits per heavy atom. The molecule has 6 heteroatoms. The molecule has 0 radical (unpaired) electrons. The van der Waals surface area contributed by atoms with Gasteiger partial charge in [0.1, 0.15) is 0 Å². The van der Waals surface area contributed by atoms with Crippen LogP contribution in [0.2, 0.25) is 0 Å². The number of hydrogen-bond donors (Lipinski definition) is 1. The Morgan fingerprint density at radius 1 is 1.38 bits per heavy atom. The average Bonchev–Trinajstić information content (AvgIpc) is 3.24. The number of carbonyl (C=O) groups excluding carboxylic acids is 1. The molecule has 110 valence electrons. The van der Waals surface area contributed by atoms with Gasteiger partial charge in [-0.25, -0.2) is 0 Å². The van der Waals surface area contributed by atoms with Crippen molar-refractivity contribution in [3.63, 3.8) is 0 Å². The summed E-state index contributed by atoms with van der Waals surface area (Å²) in [6.07, 6.45) is 8.95. The Morgan fingerprint density at radius 3 is 3.19 bits per heavy atom. The van der Waals surface area contributed by atoms with Crippen LogP contribution in [0.4, 0.5) is 0 Å². The molecule has 1 saturated heterocycles. The van der Waals surface area contributed by atoms with Gasteiger partial charge in [-0.1, -0.05) is 0 Å². The maximum absolute atomic E-state index is 12.8. The number of nitrogens with zero attached hydrogens (tertiary/aromatic N) is 4. The average molecular weight is 285 g/mol. The smallest absolute Gasteiger partial charge is 0.274 e. The van der Waals surface area contributed by atoms with Gasteiger partial charge < -0.3 is 4.90 Å². The minimum Gasteiger partial charge on any atom is -0.332 e. The van der Waals surface area contributed by atoms with E-state index in [1.54, 1.807) is 6.20 Å². The van der Waals surface area contributed by atoms with Crippen molar-refractivity contribution in [1.82, 2.24) is 24.9 Å². The van der Waals surface area contributed by atoms with Gasteiger partial charge in [0.15, 0.2) is 5.69 Å². The van der Waals surface area contributed by atoms with Gasteiger partial charge in [0.25, 0.3) is 5.91 Å². The first kappa shape index (κ1) is 12.6. The van der Waals surface area contributed by atoms with E-state index in [-0.39, 0.29) is 11.9 Å². The Bertz CT molecular complexity index is 645. The van der Waals surface area contributed by atoms with Crippen LogP contribution < -0.4 is 0 Å². The van der Waals surface area contributed by atoms with E-state index in [2.05, 4.69) is 15.3 Å². The minimum absolute atomic E-state index is 0.0871. The Labute approximate surface area is 123 Å². The molecular weight excluding hydrogens is 266 g/mol. The van der Waals surface area contributed by atoms with Crippen molar-refractivity contribution < 1.29 is 4.79 Å². The first-order valence-electron chi connectivity index (χ1n) is 7.67. The van der Waals surface area contributed by atoms with Crippen LogP contribution in [-0.4, -0.2) is 43.4 Å². The maximum Gasteiger partial charge on any atom is 0.274 e. The molecule has 1 fully saturated rings. The highest BCUT2D eigenvalue weighted by molar-refractivity contribution is 5.94. The van der Waals surface area contributed by atoms with Gasteiger partial charge in [-0.15, -0.1) is 0 Å². The van der Waals surface area contributed by atoms with Crippen molar-refractivity contribution in [3.05, 3.63) is 35.4 Å². The Kier molecular flexibility index (Phi) is 3.02. The first-order chi connectivity index (χ1) is 10.3. The predicted molar refractivity (Wildman–Crippen MR) is 76.9 cm³/mol. The Hall–Kier alpha value is -2.11. The van der Waals surface area contributed by atoms with E-state index in [1.165, 1.54) is 0 Å². The third-order valence-corrected chi connectivity index (χ3v) is 4.60. The SMILES string of the molecule is O=C(c1n[nH]c2c1CCC2)N1CCC[C@@H]1Cn1cccn1. The molecule has 0 bridgehead atoms. The third kappa shape index (κ3) is 2.14. The van der Waals surface area contributed by atoms with Gasteiger partial charge in [-0.3, -0.25) is 14.6 Å². The summed E-state index contributed by atoms with van der Waals surface area (Å²) in [5.41, 5.74) is 2.95. The zero-order valence-corrected chi connectivity index (χ0v) is 12.0. The summed E-state index contributed by atoms with van der Waals surface area (Å²) in [4.78, 5) is 14.8. The molecule has 0 unspecified atom stereocenters. The van der Waals surface area contributed by atoms with E-state index in [9.17, 15) is 4.79 Å². The highest BCUT2D eigenvalue weighted by Crippen LogP contribution is 2.27. The molecule has 1 N–H and O–H groups in total. The van der Waals surface area contributed by atoms with Crippen molar-refractivity contribution in [2.45, 2.75) is 44.7 Å². The molecule has 1 aliphatic heterocycles. The fourth-order valence-electron chi connectivity index (χ4n) is 3.55. The molecule has 1 aliphatic carbocycles. The summed E-state index contributed by atoms with van der Waals surface area (Å²) in [5.74, 6) is 0.0871. The Balaban J connectivity index is 1.55. The molecule has 2 aromatic heterocycles. The normalized spacial score (nSPS) is 21.0. The van der Waals surface area contributed by atoms with Crippen LogP contribution in [0.15, 0.2) is 18.5 Å². The number of carbonyl (C=O) groups is 1. The number of likely N-dealkylation sites (tertiary alicyclic amines) is 1. The van der Waals surface area contributed by atoms with Gasteiger partial charge in [0.2, 0.25) is 0 Å². The standard InChI is InChI=1S/C15H19N5O/c21-15(14-12-5-1-6-13(12)17-18-14)20-9-2-4-11(20)10-19-8-3-7-16-19/h3,7-8,11H,1-2,4-6,9-10H2,(H,17,18)/t11-/m1/s1. The number of H-pyrrole nitrogens is 1. The summed E-state index contributed by atoms with van der Waals surface area (Å²) < 4.78 is 1.91. The molecular formula is C15H19N5O. The van der Waals surface area contributed by atoms with E-state index in [0.29, 0.717) is 5.69 Å². The van der Waals surface area contributed by atoms with Crippen LogP contribution in [0, 0.1) is 0 Å². The van der Waals surface area contributed by atoms with Crippen LogP contribution in [0.3, 0.4) is 0 Å². The topological polar surface area (TPSA) is 66.8 Å². The molecule has 4 rings (SSSR count). The van der Waals surface area contributed by atoms with Crippen LogP contribution in [0.1, 0.15) is 41.0 Å². The largest absolute Gasteiger partial charge is 0.332 e. The fourth-order valence-corrected chi connectivity index (χ4v) is 3.55. The summed E-state index contributed by atoms with van der Waals surface area (Å²) in [7, 11) is 0. The molecule has 0 spiro atoms. The van der Waals surface area contributed by atoms with Crippen molar-refractivity contribution in [3.8, 4) is 0 Å². The van der Waals surface area contributed by atoms with Crippen LogP contribution >= 0.6 is 0 Å². The molecule has 2 aromatic rings. The van der Waals surface area contributed by atoms with E-state index in [1.807, 2.05) is 21.8 Å². The zero-order valence-electron chi connectivity index (χ0n) is 12.0. The summed E-state index contributed by atoms with van der Waals surface area (Å²) >= 11 is 0. The molecule has 0 saturated carbocycles. The lowest BCUT2D eigenvalue weighted by molar-refractivity contribution is 0.0714. The highest BCUT2D eigenvalue weighted by Gasteiger charge is 2.33. The summed E-state index contributed by atoms with van der Waals surface area (Å²) in [6.45, 7) is 1.59. The number of fused-ring (bicyclic) bond motifs is 1. The highest BCUT2D eigenvalue weighted by atomic mass is 16.2. The lowest BCUT2D eigenvalue weighted by Crippen LogP contribution is -2.38. The van der Waals surface area contributed by atoms with E-state index >= 15 is 0 Å². The molecule has 1 amide bonds. The number of nitrogens with one attached hydrogen (secondary N) is 1. The quantitative estimate of drug-likeness (QED) is 0.927. The van der Waals surface area contributed by atoms with Crippen molar-refractivity contribution in [2.24, 2.45) is 0 Å². The number of aromatic nitrogens is 4. The minimum atomic E-state index is 0.0871. The van der Waals surface area contributed by atoms with Gasteiger partial charge in [-0.2, -0.15) is 10.2 Å². The van der Waals surface area contributed by atoms with Gasteiger partial charge in [0, 0.05) is 30.2 Å². The summed E-state index contributed by atoms with van der Waals surface area (Å²) in [5, 5.41) is 11.6. The second-order valence-corrected chi connectivity index (χ2v) is 5.91. The van der Waals surface area contributed by atoms with Crippen molar-refractivity contribution >= 4 is 5.91 Å². The van der Waals surface area contributed by atoms with Crippen LogP contribution in [0.5, 0.6) is 0 Å². The lowest BCUT2D eigenvalue weighted by atomic mass is 10.1. The monoisotopic (exact) mass is 285 g/mol. The second-order valence-electron chi connectivity index (χ2n) is 5.91.